The Morgan fingerprint density at radius 3 is 2.36 bits per heavy atom. The van der Waals surface area contributed by atoms with E-state index in [4.69, 9.17) is 5.26 Å². The van der Waals surface area contributed by atoms with E-state index in [1.54, 1.807) is 24.3 Å². The zero-order valence-electron chi connectivity index (χ0n) is 13.9. The van der Waals surface area contributed by atoms with Gasteiger partial charge in [0.05, 0.1) is 12.5 Å². The molecule has 0 aromatic heterocycles. The van der Waals surface area contributed by atoms with Crippen molar-refractivity contribution in [3.05, 3.63) is 65.2 Å². The van der Waals surface area contributed by atoms with Crippen LogP contribution in [0.4, 0.5) is 5.69 Å². The number of hydrogen-bond acceptors (Lipinski definition) is 3. The average Bonchev–Trinajstić information content (AvgIpc) is 3.02. The van der Waals surface area contributed by atoms with Crippen molar-refractivity contribution in [3.8, 4) is 6.07 Å². The molecule has 0 spiro atoms. The zero-order valence-corrected chi connectivity index (χ0v) is 13.9. The van der Waals surface area contributed by atoms with Gasteiger partial charge in [-0.3, -0.25) is 9.59 Å². The summed E-state index contributed by atoms with van der Waals surface area (Å²) in [5.41, 5.74) is 3.20. The Kier molecular flexibility index (Phi) is 5.10. The number of benzene rings is 2. The van der Waals surface area contributed by atoms with E-state index in [1.165, 1.54) is 0 Å². The van der Waals surface area contributed by atoms with Crippen molar-refractivity contribution in [2.75, 3.05) is 11.9 Å². The molecule has 0 atom stereocenters. The summed E-state index contributed by atoms with van der Waals surface area (Å²) in [5, 5.41) is 11.5. The number of rotatable bonds is 5. The van der Waals surface area contributed by atoms with Crippen LogP contribution in [0, 0.1) is 11.3 Å². The molecule has 1 saturated heterocycles. The third-order valence-corrected chi connectivity index (χ3v) is 4.26. The van der Waals surface area contributed by atoms with Gasteiger partial charge < -0.3 is 10.2 Å². The number of nitrogens with zero attached hydrogens (tertiary/aromatic N) is 2. The van der Waals surface area contributed by atoms with Crippen LogP contribution < -0.4 is 5.32 Å². The molecule has 0 aliphatic carbocycles. The van der Waals surface area contributed by atoms with Gasteiger partial charge in [-0.1, -0.05) is 24.3 Å². The van der Waals surface area contributed by atoms with E-state index in [2.05, 4.69) is 11.4 Å². The van der Waals surface area contributed by atoms with Crippen LogP contribution in [0.2, 0.25) is 0 Å². The van der Waals surface area contributed by atoms with Crippen molar-refractivity contribution < 1.29 is 9.59 Å². The number of nitrogens with one attached hydrogen (secondary N) is 1. The van der Waals surface area contributed by atoms with Gasteiger partial charge in [-0.2, -0.15) is 5.26 Å². The molecule has 2 aromatic rings. The molecule has 1 N–H and O–H groups in total. The van der Waals surface area contributed by atoms with Gasteiger partial charge in [0.25, 0.3) is 5.91 Å². The minimum Gasteiger partial charge on any atom is -0.338 e. The largest absolute Gasteiger partial charge is 0.338 e. The van der Waals surface area contributed by atoms with Crippen molar-refractivity contribution in [1.82, 2.24) is 4.90 Å². The van der Waals surface area contributed by atoms with Gasteiger partial charge in [-0.05, 0) is 41.8 Å². The summed E-state index contributed by atoms with van der Waals surface area (Å²) in [5.74, 6) is 0.0125. The normalized spacial score (nSPS) is 13.6. The second kappa shape index (κ2) is 7.63. The van der Waals surface area contributed by atoms with Crippen molar-refractivity contribution >= 4 is 17.5 Å². The third-order valence-electron chi connectivity index (χ3n) is 4.26. The molecule has 2 aromatic carbocycles. The molecule has 25 heavy (non-hydrogen) atoms. The van der Waals surface area contributed by atoms with Gasteiger partial charge in [0.2, 0.25) is 5.91 Å². The fourth-order valence-corrected chi connectivity index (χ4v) is 2.85. The molecule has 0 unspecified atom stereocenters. The highest BCUT2D eigenvalue weighted by molar-refractivity contribution is 6.04. The minimum atomic E-state index is -0.183. The summed E-state index contributed by atoms with van der Waals surface area (Å²) >= 11 is 0. The molecule has 1 aliphatic rings. The van der Waals surface area contributed by atoms with Crippen molar-refractivity contribution in [2.45, 2.75) is 25.8 Å². The zero-order chi connectivity index (χ0) is 17.6. The molecule has 126 valence electrons. The van der Waals surface area contributed by atoms with Crippen LogP contribution >= 0.6 is 0 Å². The quantitative estimate of drug-likeness (QED) is 0.913. The number of likely N-dealkylation sites (tertiary alicyclic amines) is 1. The van der Waals surface area contributed by atoms with Crippen LogP contribution in [0.15, 0.2) is 48.5 Å². The fraction of sp³-hybridized carbons (Fsp3) is 0.250. The third kappa shape index (κ3) is 4.24. The molecule has 1 heterocycles. The molecular formula is C20H19N3O2. The van der Waals surface area contributed by atoms with Gasteiger partial charge in [-0.25, -0.2) is 0 Å². The summed E-state index contributed by atoms with van der Waals surface area (Å²) in [6, 6.07) is 16.6. The maximum atomic E-state index is 12.3. The Morgan fingerprint density at radius 1 is 1.08 bits per heavy atom. The number of anilines is 1. The van der Waals surface area contributed by atoms with E-state index in [0.717, 1.165) is 24.1 Å². The maximum Gasteiger partial charge on any atom is 0.255 e. The lowest BCUT2D eigenvalue weighted by Crippen LogP contribution is -2.23. The number of amides is 2. The molecule has 5 nitrogen and oxygen atoms in total. The lowest BCUT2D eigenvalue weighted by atomic mass is 10.1. The first-order chi connectivity index (χ1) is 12.2. The van der Waals surface area contributed by atoms with Gasteiger partial charge >= 0.3 is 0 Å². The van der Waals surface area contributed by atoms with Crippen molar-refractivity contribution in [2.24, 2.45) is 0 Å². The molecule has 3 rings (SSSR count). The van der Waals surface area contributed by atoms with Gasteiger partial charge in [-0.15, -0.1) is 0 Å². The molecule has 0 saturated carbocycles. The second-order valence-corrected chi connectivity index (χ2v) is 6.10. The molecule has 5 heteroatoms. The van der Waals surface area contributed by atoms with Crippen LogP contribution in [0.25, 0.3) is 0 Å². The lowest BCUT2D eigenvalue weighted by Gasteiger charge is -2.15. The predicted octanol–water partition coefficient (Wildman–Crippen LogP) is 3.13. The Bertz CT molecular complexity index is 804. The van der Waals surface area contributed by atoms with E-state index in [9.17, 15) is 9.59 Å². The van der Waals surface area contributed by atoms with Crippen molar-refractivity contribution in [3.63, 3.8) is 0 Å². The lowest BCUT2D eigenvalue weighted by molar-refractivity contribution is -0.128. The summed E-state index contributed by atoms with van der Waals surface area (Å²) in [4.78, 5) is 25.8. The summed E-state index contributed by atoms with van der Waals surface area (Å²) in [6.45, 7) is 1.41. The van der Waals surface area contributed by atoms with Gasteiger partial charge in [0.1, 0.15) is 0 Å². The molecule has 1 fully saturated rings. The first kappa shape index (κ1) is 16.7. The van der Waals surface area contributed by atoms with Crippen molar-refractivity contribution in [1.29, 1.82) is 5.26 Å². The standard InChI is InChI=1S/C20H19N3O2/c21-12-11-15-5-9-18(10-6-15)22-20(25)17-7-3-16(4-8-17)14-23-13-1-2-19(23)24/h3-10H,1-2,11,13-14H2,(H,22,25). The predicted molar refractivity (Wildman–Crippen MR) is 94.8 cm³/mol. The highest BCUT2D eigenvalue weighted by Gasteiger charge is 2.19. The van der Waals surface area contributed by atoms with Crippen LogP contribution in [-0.4, -0.2) is 23.3 Å². The Labute approximate surface area is 146 Å². The minimum absolute atomic E-state index is 0.183. The number of carbonyl (C=O) groups is 2. The molecule has 0 radical (unpaired) electrons. The van der Waals surface area contributed by atoms with Crippen LogP contribution in [0.1, 0.15) is 34.3 Å². The monoisotopic (exact) mass is 333 g/mol. The van der Waals surface area contributed by atoms with Crippen LogP contribution in [-0.2, 0) is 17.8 Å². The summed E-state index contributed by atoms with van der Waals surface area (Å²) < 4.78 is 0. The molecular weight excluding hydrogens is 314 g/mol. The van der Waals surface area contributed by atoms with Gasteiger partial charge in [0, 0.05) is 30.8 Å². The number of carbonyl (C=O) groups excluding carboxylic acids is 2. The first-order valence-electron chi connectivity index (χ1n) is 8.29. The number of nitriles is 1. The molecule has 0 bridgehead atoms. The highest BCUT2D eigenvalue weighted by atomic mass is 16.2. The first-order valence-corrected chi connectivity index (χ1v) is 8.29. The highest BCUT2D eigenvalue weighted by Crippen LogP contribution is 2.16. The van der Waals surface area contributed by atoms with Crippen LogP contribution in [0.3, 0.4) is 0 Å². The van der Waals surface area contributed by atoms with Gasteiger partial charge in [0.15, 0.2) is 0 Å². The SMILES string of the molecule is N#CCc1ccc(NC(=O)c2ccc(CN3CCCC3=O)cc2)cc1. The van der Waals surface area contributed by atoms with Crippen LogP contribution in [0.5, 0.6) is 0 Å². The smallest absolute Gasteiger partial charge is 0.255 e. The van der Waals surface area contributed by atoms with E-state index in [0.29, 0.717) is 30.6 Å². The Balaban J connectivity index is 1.60. The Morgan fingerprint density at radius 2 is 1.76 bits per heavy atom. The molecule has 2 amide bonds. The van der Waals surface area contributed by atoms with E-state index in [-0.39, 0.29) is 11.8 Å². The van der Waals surface area contributed by atoms with E-state index < -0.39 is 0 Å². The average molecular weight is 333 g/mol. The summed E-state index contributed by atoms with van der Waals surface area (Å²) in [6.07, 6.45) is 1.91. The Hall–Kier alpha value is -3.13. The van der Waals surface area contributed by atoms with E-state index in [1.807, 2.05) is 29.2 Å². The summed E-state index contributed by atoms with van der Waals surface area (Å²) in [7, 11) is 0. The van der Waals surface area contributed by atoms with E-state index >= 15 is 0 Å². The topological polar surface area (TPSA) is 73.2 Å². The number of hydrogen-bond donors (Lipinski definition) is 1. The molecule has 1 aliphatic heterocycles. The second-order valence-electron chi connectivity index (χ2n) is 6.10. The maximum absolute atomic E-state index is 12.3. The fourth-order valence-electron chi connectivity index (χ4n) is 2.85.